The van der Waals surface area contributed by atoms with Gasteiger partial charge >= 0.3 is 0 Å². The number of aryl methyl sites for hydroxylation is 5. The summed E-state index contributed by atoms with van der Waals surface area (Å²) in [5.41, 5.74) is 8.96. The Balaban J connectivity index is 2.34. The molecular formula is C17H21N. The molecule has 18 heavy (non-hydrogen) atoms. The molecule has 0 fully saturated rings. The fourth-order valence-corrected chi connectivity index (χ4v) is 2.07. The smallest absolute Gasteiger partial charge is 0.0416 e. The standard InChI is InChI=1S/C17H21N/c1-11-6-7-16(9-13(11)3)18-17-10-14(4)12(2)8-15(17)5/h6-10,18H,1-5H3. The van der Waals surface area contributed by atoms with Gasteiger partial charge in [-0.3, -0.25) is 0 Å². The van der Waals surface area contributed by atoms with Crippen molar-refractivity contribution in [3.05, 3.63) is 58.1 Å². The summed E-state index contributed by atoms with van der Waals surface area (Å²) in [4.78, 5) is 0. The van der Waals surface area contributed by atoms with Crippen LogP contribution in [0.25, 0.3) is 0 Å². The second-order valence-corrected chi connectivity index (χ2v) is 5.18. The Labute approximate surface area is 110 Å². The number of hydrogen-bond acceptors (Lipinski definition) is 1. The highest BCUT2D eigenvalue weighted by Crippen LogP contribution is 2.25. The van der Waals surface area contributed by atoms with Crippen molar-refractivity contribution in [2.75, 3.05) is 5.32 Å². The summed E-state index contributed by atoms with van der Waals surface area (Å²) in [6, 6.07) is 11.0. The number of benzene rings is 2. The number of nitrogens with one attached hydrogen (secondary N) is 1. The Morgan fingerprint density at radius 1 is 0.611 bits per heavy atom. The van der Waals surface area contributed by atoms with Gasteiger partial charge in [0.25, 0.3) is 0 Å². The first-order valence-electron chi connectivity index (χ1n) is 6.39. The van der Waals surface area contributed by atoms with E-state index in [0.717, 1.165) is 5.69 Å². The lowest BCUT2D eigenvalue weighted by molar-refractivity contribution is 1.29. The molecule has 2 rings (SSSR count). The van der Waals surface area contributed by atoms with Crippen molar-refractivity contribution >= 4 is 11.4 Å². The van der Waals surface area contributed by atoms with Gasteiger partial charge in [-0.2, -0.15) is 0 Å². The SMILES string of the molecule is Cc1ccc(Nc2cc(C)c(C)cc2C)cc1C. The van der Waals surface area contributed by atoms with Crippen LogP contribution in [0.5, 0.6) is 0 Å². The molecule has 2 aromatic carbocycles. The molecule has 0 saturated heterocycles. The van der Waals surface area contributed by atoms with Crippen molar-refractivity contribution in [1.29, 1.82) is 0 Å². The monoisotopic (exact) mass is 239 g/mol. The van der Waals surface area contributed by atoms with Gasteiger partial charge in [-0.1, -0.05) is 12.1 Å². The van der Waals surface area contributed by atoms with Crippen molar-refractivity contribution < 1.29 is 0 Å². The predicted molar refractivity (Wildman–Crippen MR) is 79.9 cm³/mol. The topological polar surface area (TPSA) is 12.0 Å². The molecule has 0 aromatic heterocycles. The van der Waals surface area contributed by atoms with Crippen molar-refractivity contribution in [3.63, 3.8) is 0 Å². The fourth-order valence-electron chi connectivity index (χ4n) is 2.07. The van der Waals surface area contributed by atoms with E-state index < -0.39 is 0 Å². The third kappa shape index (κ3) is 2.56. The van der Waals surface area contributed by atoms with Gasteiger partial charge in [0.2, 0.25) is 0 Å². The van der Waals surface area contributed by atoms with E-state index in [1.807, 2.05) is 0 Å². The first-order valence-corrected chi connectivity index (χ1v) is 6.39. The van der Waals surface area contributed by atoms with Crippen molar-refractivity contribution in [2.45, 2.75) is 34.6 Å². The molecule has 0 spiro atoms. The zero-order chi connectivity index (χ0) is 13.3. The van der Waals surface area contributed by atoms with Gasteiger partial charge < -0.3 is 5.32 Å². The minimum Gasteiger partial charge on any atom is -0.355 e. The summed E-state index contributed by atoms with van der Waals surface area (Å²) in [5, 5.41) is 3.51. The maximum absolute atomic E-state index is 3.51. The van der Waals surface area contributed by atoms with E-state index in [4.69, 9.17) is 0 Å². The molecule has 0 aliphatic carbocycles. The molecule has 1 N–H and O–H groups in total. The molecule has 0 unspecified atom stereocenters. The third-order valence-electron chi connectivity index (χ3n) is 3.63. The van der Waals surface area contributed by atoms with Crippen LogP contribution in [0.4, 0.5) is 11.4 Å². The summed E-state index contributed by atoms with van der Waals surface area (Å²) in [7, 11) is 0. The molecule has 0 amide bonds. The summed E-state index contributed by atoms with van der Waals surface area (Å²) in [6.45, 7) is 10.7. The van der Waals surface area contributed by atoms with Crippen LogP contribution in [-0.4, -0.2) is 0 Å². The van der Waals surface area contributed by atoms with Crippen LogP contribution >= 0.6 is 0 Å². The number of rotatable bonds is 2. The molecule has 0 saturated carbocycles. The summed E-state index contributed by atoms with van der Waals surface area (Å²) in [5.74, 6) is 0. The van der Waals surface area contributed by atoms with Crippen LogP contribution in [0.15, 0.2) is 30.3 Å². The lowest BCUT2D eigenvalue weighted by Gasteiger charge is -2.13. The molecule has 94 valence electrons. The molecule has 0 radical (unpaired) electrons. The summed E-state index contributed by atoms with van der Waals surface area (Å²) in [6.07, 6.45) is 0. The third-order valence-corrected chi connectivity index (χ3v) is 3.63. The van der Waals surface area contributed by atoms with Gasteiger partial charge in [0.05, 0.1) is 0 Å². The van der Waals surface area contributed by atoms with Gasteiger partial charge in [0, 0.05) is 11.4 Å². The lowest BCUT2D eigenvalue weighted by Crippen LogP contribution is -1.96. The molecule has 0 bridgehead atoms. The van der Waals surface area contributed by atoms with Crippen molar-refractivity contribution in [2.24, 2.45) is 0 Å². The second-order valence-electron chi connectivity index (χ2n) is 5.18. The van der Waals surface area contributed by atoms with Gasteiger partial charge in [-0.05, 0) is 80.6 Å². The molecule has 0 heterocycles. The Hall–Kier alpha value is -1.76. The molecule has 1 nitrogen and oxygen atoms in total. The first kappa shape index (κ1) is 12.7. The highest BCUT2D eigenvalue weighted by Gasteiger charge is 2.03. The predicted octanol–water partition coefficient (Wildman–Crippen LogP) is 4.97. The van der Waals surface area contributed by atoms with Gasteiger partial charge in [-0.15, -0.1) is 0 Å². The highest BCUT2D eigenvalue weighted by molar-refractivity contribution is 5.65. The zero-order valence-electron chi connectivity index (χ0n) is 11.9. The summed E-state index contributed by atoms with van der Waals surface area (Å²) >= 11 is 0. The maximum atomic E-state index is 3.51. The van der Waals surface area contributed by atoms with E-state index in [1.165, 1.54) is 33.5 Å². The van der Waals surface area contributed by atoms with Gasteiger partial charge in [0.1, 0.15) is 0 Å². The van der Waals surface area contributed by atoms with Crippen LogP contribution < -0.4 is 5.32 Å². The quantitative estimate of drug-likeness (QED) is 0.780. The lowest BCUT2D eigenvalue weighted by atomic mass is 10.0. The molecule has 0 aliphatic heterocycles. The minimum absolute atomic E-state index is 1.16. The number of hydrogen-bond donors (Lipinski definition) is 1. The molecule has 0 aliphatic rings. The van der Waals surface area contributed by atoms with E-state index in [9.17, 15) is 0 Å². The second kappa shape index (κ2) is 4.85. The Morgan fingerprint density at radius 2 is 1.22 bits per heavy atom. The average Bonchev–Trinajstić information content (AvgIpc) is 2.31. The Morgan fingerprint density at radius 3 is 1.89 bits per heavy atom. The van der Waals surface area contributed by atoms with Crippen molar-refractivity contribution in [1.82, 2.24) is 0 Å². The van der Waals surface area contributed by atoms with Crippen molar-refractivity contribution in [3.8, 4) is 0 Å². The Bertz CT molecular complexity index is 582. The first-order chi connectivity index (χ1) is 8.47. The van der Waals surface area contributed by atoms with E-state index in [2.05, 4.69) is 70.3 Å². The van der Waals surface area contributed by atoms with Gasteiger partial charge in [-0.25, -0.2) is 0 Å². The molecular weight excluding hydrogens is 218 g/mol. The van der Waals surface area contributed by atoms with Crippen LogP contribution in [0.3, 0.4) is 0 Å². The van der Waals surface area contributed by atoms with Crippen LogP contribution in [-0.2, 0) is 0 Å². The van der Waals surface area contributed by atoms with E-state index in [-0.39, 0.29) is 0 Å². The van der Waals surface area contributed by atoms with E-state index >= 15 is 0 Å². The van der Waals surface area contributed by atoms with E-state index in [0.29, 0.717) is 0 Å². The molecule has 1 heteroatoms. The highest BCUT2D eigenvalue weighted by atomic mass is 14.9. The Kier molecular flexibility index (Phi) is 3.42. The summed E-state index contributed by atoms with van der Waals surface area (Å²) < 4.78 is 0. The van der Waals surface area contributed by atoms with Crippen LogP contribution in [0, 0.1) is 34.6 Å². The minimum atomic E-state index is 1.16. The maximum Gasteiger partial charge on any atom is 0.0416 e. The molecule has 0 atom stereocenters. The fraction of sp³-hybridized carbons (Fsp3) is 0.294. The zero-order valence-corrected chi connectivity index (χ0v) is 11.9. The van der Waals surface area contributed by atoms with Gasteiger partial charge in [0.15, 0.2) is 0 Å². The van der Waals surface area contributed by atoms with Crippen LogP contribution in [0.2, 0.25) is 0 Å². The average molecular weight is 239 g/mol. The van der Waals surface area contributed by atoms with E-state index in [1.54, 1.807) is 0 Å². The van der Waals surface area contributed by atoms with Crippen LogP contribution in [0.1, 0.15) is 27.8 Å². The number of anilines is 2. The molecule has 2 aromatic rings. The normalized spacial score (nSPS) is 10.5. The largest absolute Gasteiger partial charge is 0.355 e.